The van der Waals surface area contributed by atoms with Gasteiger partial charge in [0.25, 0.3) is 5.89 Å². The molecule has 0 saturated heterocycles. The van der Waals surface area contributed by atoms with Crippen LogP contribution in [0, 0.1) is 0 Å². The number of nitrogens with zero attached hydrogens (tertiary/aromatic N) is 5. The van der Waals surface area contributed by atoms with Crippen molar-refractivity contribution in [2.75, 3.05) is 0 Å². The fourth-order valence-corrected chi connectivity index (χ4v) is 1.55. The second kappa shape index (κ2) is 3.91. The van der Waals surface area contributed by atoms with Crippen molar-refractivity contribution in [3.63, 3.8) is 0 Å². The van der Waals surface area contributed by atoms with Gasteiger partial charge in [-0.25, -0.2) is 0 Å². The van der Waals surface area contributed by atoms with E-state index < -0.39 is 0 Å². The van der Waals surface area contributed by atoms with E-state index in [0.717, 1.165) is 4.88 Å². The van der Waals surface area contributed by atoms with Gasteiger partial charge in [-0.2, -0.15) is 0 Å². The number of aromatic nitrogens is 2. The zero-order valence-corrected chi connectivity index (χ0v) is 7.81. The smallest absolute Gasteiger partial charge is 0.257 e. The highest BCUT2D eigenvalue weighted by Gasteiger charge is 2.07. The Labute approximate surface area is 82.8 Å². The summed E-state index contributed by atoms with van der Waals surface area (Å²) < 4.78 is 5.25. The molecule has 0 aromatic carbocycles. The van der Waals surface area contributed by atoms with Crippen molar-refractivity contribution < 1.29 is 4.42 Å². The summed E-state index contributed by atoms with van der Waals surface area (Å²) in [5.74, 6) is 0.786. The number of azide groups is 1. The van der Waals surface area contributed by atoms with Crippen LogP contribution in [0.4, 0.5) is 0 Å². The molecule has 2 rings (SSSR count). The van der Waals surface area contributed by atoms with E-state index in [2.05, 4.69) is 20.2 Å². The molecule has 7 heteroatoms. The molecule has 2 aromatic rings. The van der Waals surface area contributed by atoms with Crippen molar-refractivity contribution in [1.29, 1.82) is 0 Å². The lowest BCUT2D eigenvalue weighted by atomic mass is 10.5. The van der Waals surface area contributed by atoms with Gasteiger partial charge in [0.2, 0.25) is 5.89 Å². The molecule has 0 spiro atoms. The molecule has 0 saturated carbocycles. The van der Waals surface area contributed by atoms with Crippen LogP contribution in [0.15, 0.2) is 27.0 Å². The predicted molar refractivity (Wildman–Crippen MR) is 50.5 cm³/mol. The summed E-state index contributed by atoms with van der Waals surface area (Å²) in [6.07, 6.45) is 0. The first-order valence-electron chi connectivity index (χ1n) is 3.77. The van der Waals surface area contributed by atoms with E-state index in [4.69, 9.17) is 9.95 Å². The first-order chi connectivity index (χ1) is 6.90. The Morgan fingerprint density at radius 2 is 2.50 bits per heavy atom. The predicted octanol–water partition coefficient (Wildman–Crippen LogP) is 2.61. The van der Waals surface area contributed by atoms with Gasteiger partial charge in [-0.3, -0.25) is 0 Å². The van der Waals surface area contributed by atoms with Crippen LogP contribution < -0.4 is 0 Å². The van der Waals surface area contributed by atoms with Crippen molar-refractivity contribution in [2.45, 2.75) is 6.54 Å². The monoisotopic (exact) mass is 207 g/mol. The van der Waals surface area contributed by atoms with E-state index in [1.54, 1.807) is 0 Å². The van der Waals surface area contributed by atoms with Crippen molar-refractivity contribution >= 4 is 11.3 Å². The fourth-order valence-electron chi connectivity index (χ4n) is 0.909. The molecule has 0 aliphatic carbocycles. The third-order valence-corrected chi connectivity index (χ3v) is 2.33. The zero-order chi connectivity index (χ0) is 9.80. The maximum atomic E-state index is 8.09. The Balaban J connectivity index is 2.22. The Bertz CT molecular complexity index is 456. The molecule has 6 nitrogen and oxygen atoms in total. The van der Waals surface area contributed by atoms with Crippen LogP contribution in [0.2, 0.25) is 0 Å². The molecule has 0 unspecified atom stereocenters. The van der Waals surface area contributed by atoms with Gasteiger partial charge in [-0.1, -0.05) is 11.2 Å². The third-order valence-electron chi connectivity index (χ3n) is 1.47. The van der Waals surface area contributed by atoms with E-state index in [0.29, 0.717) is 11.8 Å². The molecule has 0 amide bonds. The van der Waals surface area contributed by atoms with Crippen LogP contribution in [0.3, 0.4) is 0 Å². The second-order valence-corrected chi connectivity index (χ2v) is 3.31. The van der Waals surface area contributed by atoms with Gasteiger partial charge in [0.1, 0.15) is 6.54 Å². The summed E-state index contributed by atoms with van der Waals surface area (Å²) in [4.78, 5) is 3.51. The lowest BCUT2D eigenvalue weighted by Crippen LogP contribution is -1.77. The van der Waals surface area contributed by atoms with Gasteiger partial charge in [-0.15, -0.1) is 21.5 Å². The number of thiophene rings is 1. The van der Waals surface area contributed by atoms with Crippen LogP contribution >= 0.6 is 11.3 Å². The molecule has 0 atom stereocenters. The molecule has 2 heterocycles. The largest absolute Gasteiger partial charge is 0.420 e. The van der Waals surface area contributed by atoms with E-state index >= 15 is 0 Å². The highest BCUT2D eigenvalue weighted by molar-refractivity contribution is 7.13. The number of hydrogen-bond acceptors (Lipinski definition) is 5. The van der Waals surface area contributed by atoms with Crippen molar-refractivity contribution in [1.82, 2.24) is 10.2 Å². The van der Waals surface area contributed by atoms with Crippen LogP contribution in [-0.4, -0.2) is 10.2 Å². The maximum absolute atomic E-state index is 8.09. The summed E-state index contributed by atoms with van der Waals surface area (Å²) in [6, 6.07) is 3.78. The van der Waals surface area contributed by atoms with Gasteiger partial charge >= 0.3 is 0 Å². The molecule has 0 N–H and O–H groups in total. The van der Waals surface area contributed by atoms with E-state index in [9.17, 15) is 0 Å². The summed E-state index contributed by atoms with van der Waals surface area (Å²) >= 11 is 1.51. The fraction of sp³-hybridized carbons (Fsp3) is 0.143. The number of hydrogen-bond donors (Lipinski definition) is 0. The standard InChI is InChI=1S/C7H5N5OS/c8-12-9-4-6-10-11-7(13-6)5-2-1-3-14-5/h1-3H,4H2. The highest BCUT2D eigenvalue weighted by Crippen LogP contribution is 2.22. The highest BCUT2D eigenvalue weighted by atomic mass is 32.1. The molecular weight excluding hydrogens is 202 g/mol. The van der Waals surface area contributed by atoms with E-state index in [-0.39, 0.29) is 6.54 Å². The Hall–Kier alpha value is -1.85. The van der Waals surface area contributed by atoms with Crippen molar-refractivity contribution in [3.05, 3.63) is 33.8 Å². The van der Waals surface area contributed by atoms with E-state index in [1.807, 2.05) is 17.5 Å². The lowest BCUT2D eigenvalue weighted by Gasteiger charge is -1.84. The normalized spacial score (nSPS) is 9.71. The first kappa shape index (κ1) is 8.74. The minimum absolute atomic E-state index is 0.0921. The summed E-state index contributed by atoms with van der Waals surface area (Å²) in [5, 5.41) is 12.8. The molecule has 0 aliphatic heterocycles. The SMILES string of the molecule is [N-]=[N+]=NCc1nnc(-c2cccs2)o1. The molecule has 14 heavy (non-hydrogen) atoms. The van der Waals surface area contributed by atoms with Gasteiger partial charge in [0.15, 0.2) is 0 Å². The van der Waals surface area contributed by atoms with E-state index in [1.165, 1.54) is 11.3 Å². The quantitative estimate of drug-likeness (QED) is 0.440. The first-order valence-corrected chi connectivity index (χ1v) is 4.65. The Kier molecular flexibility index (Phi) is 2.44. The Morgan fingerprint density at radius 3 is 3.21 bits per heavy atom. The molecule has 0 fully saturated rings. The van der Waals surface area contributed by atoms with Crippen molar-refractivity contribution in [2.24, 2.45) is 5.11 Å². The summed E-state index contributed by atoms with van der Waals surface area (Å²) in [7, 11) is 0. The molecule has 0 bridgehead atoms. The zero-order valence-electron chi connectivity index (χ0n) is 6.99. The minimum Gasteiger partial charge on any atom is -0.420 e. The van der Waals surface area contributed by atoms with Gasteiger partial charge in [0.05, 0.1) is 4.88 Å². The molecule has 0 radical (unpaired) electrons. The second-order valence-electron chi connectivity index (χ2n) is 2.37. The lowest BCUT2D eigenvalue weighted by molar-refractivity contribution is 0.509. The van der Waals surface area contributed by atoms with Gasteiger partial charge in [-0.05, 0) is 17.0 Å². The average Bonchev–Trinajstić information content (AvgIpc) is 2.85. The summed E-state index contributed by atoms with van der Waals surface area (Å²) in [5.41, 5.74) is 8.09. The maximum Gasteiger partial charge on any atom is 0.257 e. The topological polar surface area (TPSA) is 87.7 Å². The molecule has 2 aromatic heterocycles. The van der Waals surface area contributed by atoms with Crippen LogP contribution in [0.5, 0.6) is 0 Å². The Morgan fingerprint density at radius 1 is 1.57 bits per heavy atom. The summed E-state index contributed by atoms with van der Waals surface area (Å²) in [6.45, 7) is 0.0921. The minimum atomic E-state index is 0.0921. The molecule has 70 valence electrons. The van der Waals surface area contributed by atoms with Gasteiger partial charge < -0.3 is 4.42 Å². The van der Waals surface area contributed by atoms with Crippen LogP contribution in [0.25, 0.3) is 21.2 Å². The average molecular weight is 207 g/mol. The third kappa shape index (κ3) is 1.73. The van der Waals surface area contributed by atoms with Gasteiger partial charge in [0, 0.05) is 4.91 Å². The molecule has 0 aliphatic rings. The van der Waals surface area contributed by atoms with Crippen LogP contribution in [0.1, 0.15) is 5.89 Å². The molecular formula is C7H5N5OS. The van der Waals surface area contributed by atoms with Crippen LogP contribution in [-0.2, 0) is 6.54 Å². The number of rotatable bonds is 3. The van der Waals surface area contributed by atoms with Crippen molar-refractivity contribution in [3.8, 4) is 10.8 Å².